The van der Waals surface area contributed by atoms with Gasteiger partial charge < -0.3 is 44.6 Å². The Hall–Kier alpha value is 7.30. The Morgan fingerprint density at radius 1 is 0.487 bits per heavy atom. The van der Waals surface area contributed by atoms with Crippen LogP contribution in [0.15, 0.2) is 0 Å². The van der Waals surface area contributed by atoms with Gasteiger partial charge in [-0.05, 0) is 0 Å². The van der Waals surface area contributed by atoms with Crippen LogP contribution in [0.1, 0.15) is 143 Å². The SMILES string of the molecule is C.C.C.C.C.C.C.C.C.C.C.C.C.C.C#C.PP.[2HH].[2HH].[2HH].[2HH].[2H]C[2H].[2H][2H].[2H][2H].[2H][2H].[B].[B].[B]CC.[B]CC.[CH3-].[CH3-].[CH3-].[CH3-].[CH3-].[CH3-].[Y].[Y].[Y].[Y].[Y].[Y]. The fourth-order valence-corrected chi connectivity index (χ4v) is 0. The first-order valence-electron chi connectivity index (χ1n) is 7.31. The second-order valence-electron chi connectivity index (χ2n) is 0.816. The fraction of sp³-hybridized carbons (Fsp3) is 0.704. The molecule has 0 aromatic heterocycles. The minimum absolute atomic E-state index is 0. The van der Waals surface area contributed by atoms with Crippen LogP contribution < -0.4 is 0 Å². The summed E-state index contributed by atoms with van der Waals surface area (Å²) in [4.78, 5) is 0. The van der Waals surface area contributed by atoms with Gasteiger partial charge in [0.25, 0.3) is 0 Å². The van der Waals surface area contributed by atoms with E-state index in [1.165, 1.54) is 0 Å². The van der Waals surface area contributed by atoms with Crippen molar-refractivity contribution in [2.24, 2.45) is 0 Å². The number of terminal acetylenes is 1. The Balaban J connectivity index is -0.000000000657. The van der Waals surface area contributed by atoms with Crippen molar-refractivity contribution >= 4 is 50.4 Å². The molecule has 0 aliphatic heterocycles. The molecule has 0 heterocycles. The molecule has 0 aliphatic rings. The zero-order valence-corrected chi connectivity index (χ0v) is 37.5. The van der Waals surface area contributed by atoms with Gasteiger partial charge in [0.05, 0.1) is 15.7 Å². The number of rotatable bonds is 0. The molecule has 2 unspecified atom stereocenters. The van der Waals surface area contributed by atoms with Gasteiger partial charge in [0.15, 0.2) is 0 Å². The number of hydrogen-bond donors (Lipinski definition) is 0. The summed E-state index contributed by atoms with van der Waals surface area (Å²) in [6, 6.07) is 0. The van der Waals surface area contributed by atoms with Gasteiger partial charge in [0.2, 0.25) is 0 Å². The molecule has 0 fully saturated rings. The Kier molecular flexibility index (Phi) is 7470. The third-order valence-electron chi connectivity index (χ3n) is 0. The van der Waals surface area contributed by atoms with Gasteiger partial charge in [-0.25, -0.2) is 0 Å². The largest absolute Gasteiger partial charge is 0.358 e. The Labute approximate surface area is 451 Å². The maximum atomic E-state index is 5.88. The van der Waals surface area contributed by atoms with E-state index >= 15 is 0 Å². The summed E-state index contributed by atoms with van der Waals surface area (Å²) in [7, 11) is 14.1. The van der Waals surface area contributed by atoms with Crippen LogP contribution in [-0.4, -0.2) is 32.5 Å². The molecule has 0 spiro atoms. The summed E-state index contributed by atoms with van der Waals surface area (Å²) in [6.07, 6.45) is 9.50. The molecule has 0 aromatic carbocycles. The van der Waals surface area contributed by atoms with Crippen molar-refractivity contribution in [2.75, 3.05) is 0 Å². The predicted octanol–water partition coefficient (Wildman–Crippen LogP) is 15.3. The van der Waals surface area contributed by atoms with E-state index < -0.39 is 0 Å². The first-order chi connectivity index (χ1) is 9.24. The van der Waals surface area contributed by atoms with E-state index in [1.807, 2.05) is 13.8 Å². The average molecular weight is 1080 g/mol. The van der Waals surface area contributed by atoms with Crippen LogP contribution >= 0.6 is 17.9 Å². The molecule has 0 saturated carbocycles. The van der Waals surface area contributed by atoms with Gasteiger partial charge in [-0.15, -0.1) is 30.7 Å². The molecule has 0 aromatic rings. The minimum atomic E-state index is -0.250. The van der Waals surface area contributed by atoms with Crippen molar-refractivity contribution in [1.29, 1.82) is 0 Å². The van der Waals surface area contributed by atoms with Crippen LogP contribution in [0.4, 0.5) is 0 Å². The van der Waals surface area contributed by atoms with Crippen molar-refractivity contribution < 1.29 is 214 Å². The van der Waals surface area contributed by atoms with Gasteiger partial charge in [0.1, 0.15) is 0 Å². The summed E-state index contributed by atoms with van der Waals surface area (Å²) in [6.45, 7) is 3.81. The molecule has 0 saturated heterocycles. The molecule has 0 rings (SSSR count). The van der Waals surface area contributed by atoms with Crippen LogP contribution in [0, 0.1) is 57.4 Å². The summed E-state index contributed by atoms with van der Waals surface area (Å²) in [5.41, 5.74) is 0. The molecule has 0 bridgehead atoms. The van der Waals surface area contributed by atoms with Crippen molar-refractivity contribution in [3.8, 4) is 12.8 Å². The summed E-state index contributed by atoms with van der Waals surface area (Å²) in [5.74, 6) is 0. The van der Waals surface area contributed by atoms with Gasteiger partial charge >= 0.3 is 0 Å². The van der Waals surface area contributed by atoms with Gasteiger partial charge in [-0.3, -0.25) is 0 Å². The second kappa shape index (κ2) is 1030. The van der Waals surface area contributed by atoms with Crippen LogP contribution in [0.2, 0.25) is 12.6 Å². The fourth-order valence-electron chi connectivity index (χ4n) is 0. The zero-order valence-electron chi connectivity index (χ0n) is 26.2. The molecule has 0 nitrogen and oxygen atoms in total. The van der Waals surface area contributed by atoms with Crippen molar-refractivity contribution in [2.45, 2.75) is 138 Å². The Morgan fingerprint density at radius 3 is 0.487 bits per heavy atom. The molecular weight excluding hydrogens is 963 g/mol. The number of hydrogen-bond acceptors (Lipinski definition) is 0. The van der Waals surface area contributed by atoms with E-state index in [1.54, 1.807) is 0 Å². The third kappa shape index (κ3) is 1590. The average Bonchev–Trinajstić information content (AvgIpc) is 2.51. The minimum Gasteiger partial charge on any atom is -0.358 e. The van der Waals surface area contributed by atoms with Crippen LogP contribution in [0.5, 0.6) is 0 Å². The zero-order chi connectivity index (χ0) is 18.1. The van der Waals surface area contributed by atoms with E-state index in [9.17, 15) is 0 Å². The van der Waals surface area contributed by atoms with Gasteiger partial charge in [0, 0.05) is 230 Å². The summed E-state index contributed by atoms with van der Waals surface area (Å²) in [5, 5.41) is 0. The summed E-state index contributed by atoms with van der Waals surface area (Å²) < 4.78 is 41.8. The first-order valence-corrected chi connectivity index (χ1v) is 5.56. The maximum absolute atomic E-state index is 5.88. The maximum Gasteiger partial charge on any atom is 0.0649 e. The van der Waals surface area contributed by atoms with Crippen molar-refractivity contribution in [1.82, 2.24) is 0 Å². The molecule has 0 aliphatic carbocycles. The van der Waals surface area contributed by atoms with Crippen LogP contribution in [0.25, 0.3) is 0 Å². The monoisotopic (exact) mass is 1080 g/mol. The van der Waals surface area contributed by atoms with E-state index in [2.05, 4.69) is 30.7 Å². The normalized spacial score (nSPS) is 2.21. The smallest absolute Gasteiger partial charge is 0.0649 e. The Bertz CT molecular complexity index is 114. The second-order valence-corrected chi connectivity index (χ2v) is 0.816. The standard InChI is InChI=1S/2C2H5B.C2H2.15CH4.6CH3.2B.H4P2.6Y.7H2/c2*1-2-3;1-2;;;;;;;;;;;;;;;;;;;;;;;;1-2;;;;;;;;;;;;;/h2*2H2,1H3;1-2H;15*1H4;6*1H3;;;1-2H2;;;;;;;7*1H/q;;;;;;;;;;;;;;;;;;6*-1;;;;;;;;;;;;;;;;/i;;;1D2;;;;;;;;;;;;;;;;;;;;;;;;;;;;;;3*1+1D;4*1+1. The molecule has 2 atom stereocenters. The van der Waals surface area contributed by atoms with Crippen LogP contribution in [-0.2, 0) is 196 Å². The molecule has 0 amide bonds. The van der Waals surface area contributed by atoms with Crippen LogP contribution in [0.3, 0.4) is 0 Å². The van der Waals surface area contributed by atoms with E-state index in [-0.39, 0.29) is 375 Å². The Morgan fingerprint density at radius 2 is 0.487 bits per heavy atom. The molecule has 0 N–H and O–H groups in total. The van der Waals surface area contributed by atoms with Gasteiger partial charge in [-0.1, -0.05) is 138 Å². The molecular formula is C27H108B4P2Y6-6. The quantitative estimate of drug-likeness (QED) is 0.0982. The molecule has 12 heteroatoms. The molecule has 39 heavy (non-hydrogen) atoms. The predicted molar refractivity (Wildman–Crippen MR) is 228 cm³/mol. The van der Waals surface area contributed by atoms with Crippen molar-refractivity contribution in [3.63, 3.8) is 0 Å². The molecule has 16 radical (unpaired) electrons. The topological polar surface area (TPSA) is 0 Å². The van der Waals surface area contributed by atoms with E-state index in [4.69, 9.17) is 27.3 Å². The third-order valence-corrected chi connectivity index (χ3v) is 0. The van der Waals surface area contributed by atoms with Crippen molar-refractivity contribution in [3.05, 3.63) is 44.6 Å². The van der Waals surface area contributed by atoms with E-state index in [0.29, 0.717) is 0 Å². The first kappa shape index (κ1) is 284. The summed E-state index contributed by atoms with van der Waals surface area (Å²) >= 11 is 0. The molecule has 262 valence electrons. The van der Waals surface area contributed by atoms with Gasteiger partial charge in [-0.2, -0.15) is 0 Å². The van der Waals surface area contributed by atoms with E-state index in [0.717, 1.165) is 12.6 Å².